The summed E-state index contributed by atoms with van der Waals surface area (Å²) in [4.78, 5) is 25.1. The van der Waals surface area contributed by atoms with Crippen molar-refractivity contribution < 1.29 is 22.8 Å². The molecule has 1 N–H and O–H groups in total. The summed E-state index contributed by atoms with van der Waals surface area (Å²) < 4.78 is 39.7. The number of benzene rings is 2. The number of nitrogens with one attached hydrogen (secondary N) is 1. The minimum atomic E-state index is -1.10. The third-order valence-corrected chi connectivity index (χ3v) is 3.90. The van der Waals surface area contributed by atoms with E-state index < -0.39 is 17.5 Å². The highest BCUT2D eigenvalue weighted by atomic mass is 19.2. The average Bonchev–Trinajstić information content (AvgIpc) is 2.61. The van der Waals surface area contributed by atoms with Crippen molar-refractivity contribution >= 4 is 11.8 Å². The number of rotatable bonds is 7. The molecule has 0 radical (unpaired) electrons. The lowest BCUT2D eigenvalue weighted by molar-refractivity contribution is -0.128. The Kier molecular flexibility index (Phi) is 6.77. The van der Waals surface area contributed by atoms with Crippen LogP contribution in [-0.4, -0.2) is 36.3 Å². The Morgan fingerprint density at radius 3 is 2.35 bits per heavy atom. The number of amides is 2. The van der Waals surface area contributed by atoms with E-state index in [2.05, 4.69) is 5.32 Å². The van der Waals surface area contributed by atoms with Crippen LogP contribution in [0.1, 0.15) is 22.8 Å². The van der Waals surface area contributed by atoms with Gasteiger partial charge in [0.15, 0.2) is 11.6 Å². The van der Waals surface area contributed by atoms with Gasteiger partial charge < -0.3 is 10.2 Å². The third kappa shape index (κ3) is 5.34. The Morgan fingerprint density at radius 1 is 0.962 bits per heavy atom. The number of hydrogen-bond acceptors (Lipinski definition) is 2. The van der Waals surface area contributed by atoms with Gasteiger partial charge in [0, 0.05) is 32.1 Å². The molecule has 0 aliphatic carbocycles. The van der Waals surface area contributed by atoms with E-state index in [1.54, 1.807) is 18.2 Å². The minimum Gasteiger partial charge on any atom is -0.350 e. The summed E-state index contributed by atoms with van der Waals surface area (Å²) in [5.74, 6) is -3.24. The summed E-state index contributed by atoms with van der Waals surface area (Å²) >= 11 is 0. The molecular weight excluding hydrogens is 345 g/mol. The molecule has 0 bridgehead atoms. The highest BCUT2D eigenvalue weighted by Crippen LogP contribution is 2.09. The average molecular weight is 364 g/mol. The molecule has 0 heterocycles. The molecule has 0 atom stereocenters. The SMILES string of the molecule is CC(=O)N(CCNC(=O)c1ccc(F)c(F)c1)CCc1ccccc1F. The molecule has 2 aromatic carbocycles. The van der Waals surface area contributed by atoms with Crippen LogP contribution in [0.2, 0.25) is 0 Å². The van der Waals surface area contributed by atoms with E-state index in [1.807, 2.05) is 0 Å². The second-order valence-corrected chi connectivity index (χ2v) is 5.73. The lowest BCUT2D eigenvalue weighted by atomic mass is 10.1. The zero-order valence-electron chi connectivity index (χ0n) is 14.3. The van der Waals surface area contributed by atoms with Crippen LogP contribution in [0, 0.1) is 17.5 Å². The van der Waals surface area contributed by atoms with Gasteiger partial charge in [0.2, 0.25) is 5.91 Å². The molecule has 0 spiro atoms. The number of carbonyl (C=O) groups excluding carboxylic acids is 2. The summed E-state index contributed by atoms with van der Waals surface area (Å²) in [6.45, 7) is 2.05. The van der Waals surface area contributed by atoms with E-state index in [-0.39, 0.29) is 30.4 Å². The first-order valence-corrected chi connectivity index (χ1v) is 8.10. The topological polar surface area (TPSA) is 49.4 Å². The van der Waals surface area contributed by atoms with Gasteiger partial charge in [-0.15, -0.1) is 0 Å². The van der Waals surface area contributed by atoms with E-state index in [0.29, 0.717) is 18.5 Å². The van der Waals surface area contributed by atoms with Crippen molar-refractivity contribution in [3.05, 3.63) is 71.0 Å². The van der Waals surface area contributed by atoms with Crippen LogP contribution in [0.4, 0.5) is 13.2 Å². The number of carbonyl (C=O) groups is 2. The Labute approximate surface area is 149 Å². The molecule has 0 saturated carbocycles. The molecule has 7 heteroatoms. The summed E-state index contributed by atoms with van der Waals surface area (Å²) in [6.07, 6.45) is 0.351. The van der Waals surface area contributed by atoms with Crippen LogP contribution in [0.3, 0.4) is 0 Å². The molecule has 0 fully saturated rings. The van der Waals surface area contributed by atoms with E-state index >= 15 is 0 Å². The Hall–Kier alpha value is -2.83. The van der Waals surface area contributed by atoms with Gasteiger partial charge in [0.25, 0.3) is 5.91 Å². The maximum atomic E-state index is 13.6. The van der Waals surface area contributed by atoms with E-state index in [1.165, 1.54) is 24.0 Å². The molecule has 26 heavy (non-hydrogen) atoms. The van der Waals surface area contributed by atoms with Crippen LogP contribution in [0.5, 0.6) is 0 Å². The van der Waals surface area contributed by atoms with E-state index in [0.717, 1.165) is 12.1 Å². The van der Waals surface area contributed by atoms with Crippen LogP contribution in [-0.2, 0) is 11.2 Å². The van der Waals surface area contributed by atoms with Crippen LogP contribution >= 0.6 is 0 Å². The first kappa shape index (κ1) is 19.5. The zero-order valence-corrected chi connectivity index (χ0v) is 14.3. The van der Waals surface area contributed by atoms with Gasteiger partial charge in [-0.05, 0) is 36.2 Å². The standard InChI is InChI=1S/C19H19F3N2O2/c1-13(25)24(10-8-14-4-2-3-5-16(14)20)11-9-23-19(26)15-6-7-17(21)18(22)12-15/h2-7,12H,8-11H2,1H3,(H,23,26). The maximum Gasteiger partial charge on any atom is 0.251 e. The van der Waals surface area contributed by atoms with Crippen molar-refractivity contribution in [3.8, 4) is 0 Å². The van der Waals surface area contributed by atoms with Crippen LogP contribution in [0.15, 0.2) is 42.5 Å². The first-order chi connectivity index (χ1) is 12.4. The molecule has 0 aliphatic heterocycles. The van der Waals surface area contributed by atoms with Gasteiger partial charge in [0.1, 0.15) is 5.82 Å². The lowest BCUT2D eigenvalue weighted by Crippen LogP contribution is -2.38. The third-order valence-electron chi connectivity index (χ3n) is 3.90. The largest absolute Gasteiger partial charge is 0.350 e. The quantitative estimate of drug-likeness (QED) is 0.821. The fourth-order valence-corrected chi connectivity index (χ4v) is 2.43. The van der Waals surface area contributed by atoms with Gasteiger partial charge in [-0.25, -0.2) is 13.2 Å². The second kappa shape index (κ2) is 9.03. The van der Waals surface area contributed by atoms with Gasteiger partial charge in [-0.1, -0.05) is 18.2 Å². The van der Waals surface area contributed by atoms with E-state index in [9.17, 15) is 22.8 Å². The van der Waals surface area contributed by atoms with Gasteiger partial charge in [0.05, 0.1) is 0 Å². The number of halogens is 3. The Morgan fingerprint density at radius 2 is 1.69 bits per heavy atom. The smallest absolute Gasteiger partial charge is 0.251 e. The molecule has 2 amide bonds. The molecule has 0 saturated heterocycles. The molecule has 0 aromatic heterocycles. The Bertz CT molecular complexity index is 796. The lowest BCUT2D eigenvalue weighted by Gasteiger charge is -2.21. The predicted octanol–water partition coefficient (Wildman–Crippen LogP) is 2.92. The van der Waals surface area contributed by atoms with E-state index in [4.69, 9.17) is 0 Å². The summed E-state index contributed by atoms with van der Waals surface area (Å²) in [5, 5.41) is 2.54. The van der Waals surface area contributed by atoms with Crippen molar-refractivity contribution in [2.45, 2.75) is 13.3 Å². The zero-order chi connectivity index (χ0) is 19.1. The van der Waals surface area contributed by atoms with Gasteiger partial charge in [-0.2, -0.15) is 0 Å². The molecular formula is C19H19F3N2O2. The Balaban J connectivity index is 1.86. The van der Waals surface area contributed by atoms with Crippen molar-refractivity contribution in [2.24, 2.45) is 0 Å². The molecule has 4 nitrogen and oxygen atoms in total. The second-order valence-electron chi connectivity index (χ2n) is 5.73. The normalized spacial score (nSPS) is 10.5. The first-order valence-electron chi connectivity index (χ1n) is 8.10. The molecule has 0 aliphatic rings. The summed E-state index contributed by atoms with van der Waals surface area (Å²) in [6, 6.07) is 9.18. The maximum absolute atomic E-state index is 13.6. The van der Waals surface area contributed by atoms with Gasteiger partial charge >= 0.3 is 0 Å². The van der Waals surface area contributed by atoms with Crippen LogP contribution in [0.25, 0.3) is 0 Å². The van der Waals surface area contributed by atoms with Crippen LogP contribution < -0.4 is 5.32 Å². The highest BCUT2D eigenvalue weighted by molar-refractivity contribution is 5.94. The van der Waals surface area contributed by atoms with Gasteiger partial charge in [-0.3, -0.25) is 9.59 Å². The molecule has 138 valence electrons. The molecule has 2 rings (SSSR count). The minimum absolute atomic E-state index is 0.00960. The van der Waals surface area contributed by atoms with Crippen molar-refractivity contribution in [1.82, 2.24) is 10.2 Å². The number of nitrogens with zero attached hydrogens (tertiary/aromatic N) is 1. The number of hydrogen-bond donors (Lipinski definition) is 1. The fraction of sp³-hybridized carbons (Fsp3) is 0.263. The highest BCUT2D eigenvalue weighted by Gasteiger charge is 2.12. The molecule has 2 aromatic rings. The monoisotopic (exact) mass is 364 g/mol. The summed E-state index contributed by atoms with van der Waals surface area (Å²) in [5.41, 5.74) is 0.495. The van der Waals surface area contributed by atoms with Crippen molar-refractivity contribution in [1.29, 1.82) is 0 Å². The fourth-order valence-electron chi connectivity index (χ4n) is 2.43. The predicted molar refractivity (Wildman–Crippen MR) is 91.0 cm³/mol. The van der Waals surface area contributed by atoms with Crippen molar-refractivity contribution in [2.75, 3.05) is 19.6 Å². The molecule has 0 unspecified atom stereocenters. The van der Waals surface area contributed by atoms with Crippen molar-refractivity contribution in [3.63, 3.8) is 0 Å². The summed E-state index contributed by atoms with van der Waals surface area (Å²) in [7, 11) is 0.